The van der Waals surface area contributed by atoms with Crippen LogP contribution in [0.5, 0.6) is 0 Å². The fourth-order valence-corrected chi connectivity index (χ4v) is 1.73. The molecule has 8 heteroatoms. The standard InChI is InChI=1S/C10H7ClN6S/c11-7-1-2-8(9(18)3-7)13-5-6(4-12)10-14-16-17-15-10/h1-3,5,13,18H,(H,14,15,16,17). The van der Waals surface area contributed by atoms with E-state index >= 15 is 0 Å². The molecule has 2 N–H and O–H groups in total. The van der Waals surface area contributed by atoms with Gasteiger partial charge in [0.1, 0.15) is 11.6 Å². The highest BCUT2D eigenvalue weighted by molar-refractivity contribution is 7.80. The molecular formula is C10H7ClN6S. The van der Waals surface area contributed by atoms with E-state index in [0.717, 1.165) is 5.69 Å². The predicted octanol–water partition coefficient (Wildman–Crippen LogP) is 2.12. The molecule has 0 radical (unpaired) electrons. The number of aromatic nitrogens is 4. The van der Waals surface area contributed by atoms with Gasteiger partial charge in [0.05, 0.1) is 5.69 Å². The fourth-order valence-electron chi connectivity index (χ4n) is 1.20. The minimum Gasteiger partial charge on any atom is -0.359 e. The van der Waals surface area contributed by atoms with Crippen LogP contribution in [-0.4, -0.2) is 20.6 Å². The van der Waals surface area contributed by atoms with Crippen molar-refractivity contribution in [1.29, 1.82) is 5.26 Å². The highest BCUT2D eigenvalue weighted by Gasteiger charge is 2.06. The number of nitrogens with one attached hydrogen (secondary N) is 2. The Morgan fingerprint density at radius 1 is 1.56 bits per heavy atom. The number of hydrogen-bond acceptors (Lipinski definition) is 6. The molecule has 0 spiro atoms. The van der Waals surface area contributed by atoms with E-state index < -0.39 is 0 Å². The van der Waals surface area contributed by atoms with Gasteiger partial charge in [0, 0.05) is 16.1 Å². The minimum atomic E-state index is 0.222. The van der Waals surface area contributed by atoms with E-state index in [1.54, 1.807) is 18.2 Å². The van der Waals surface area contributed by atoms with Crippen molar-refractivity contribution in [3.05, 3.63) is 35.2 Å². The zero-order valence-electron chi connectivity index (χ0n) is 8.92. The van der Waals surface area contributed by atoms with Crippen LogP contribution in [0, 0.1) is 11.3 Å². The third-order valence-corrected chi connectivity index (χ3v) is 2.64. The number of H-pyrrole nitrogens is 1. The van der Waals surface area contributed by atoms with Crippen LogP contribution in [0.15, 0.2) is 29.3 Å². The number of thiol groups is 1. The maximum Gasteiger partial charge on any atom is 0.216 e. The van der Waals surface area contributed by atoms with Gasteiger partial charge in [-0.25, -0.2) is 0 Å². The number of benzene rings is 1. The molecular weight excluding hydrogens is 272 g/mol. The highest BCUT2D eigenvalue weighted by Crippen LogP contribution is 2.24. The smallest absolute Gasteiger partial charge is 0.216 e. The van der Waals surface area contributed by atoms with Crippen LogP contribution in [0.4, 0.5) is 5.69 Å². The van der Waals surface area contributed by atoms with Crippen molar-refractivity contribution in [2.24, 2.45) is 0 Å². The van der Waals surface area contributed by atoms with Crippen LogP contribution in [0.1, 0.15) is 5.82 Å². The lowest BCUT2D eigenvalue weighted by Crippen LogP contribution is -1.93. The van der Waals surface area contributed by atoms with Gasteiger partial charge in [-0.1, -0.05) is 11.6 Å². The van der Waals surface area contributed by atoms with E-state index in [1.165, 1.54) is 6.20 Å². The molecule has 2 rings (SSSR count). The van der Waals surface area contributed by atoms with Gasteiger partial charge in [0.2, 0.25) is 5.82 Å². The van der Waals surface area contributed by atoms with Crippen LogP contribution < -0.4 is 5.32 Å². The van der Waals surface area contributed by atoms with Crippen molar-refractivity contribution >= 4 is 35.5 Å². The molecule has 6 nitrogen and oxygen atoms in total. The Labute approximate surface area is 113 Å². The molecule has 0 atom stereocenters. The highest BCUT2D eigenvalue weighted by atomic mass is 35.5. The molecule has 0 unspecified atom stereocenters. The summed E-state index contributed by atoms with van der Waals surface area (Å²) < 4.78 is 0. The average Bonchev–Trinajstić information content (AvgIpc) is 2.86. The van der Waals surface area contributed by atoms with Crippen LogP contribution >= 0.6 is 24.2 Å². The van der Waals surface area contributed by atoms with E-state index in [1.807, 2.05) is 6.07 Å². The summed E-state index contributed by atoms with van der Waals surface area (Å²) in [6.45, 7) is 0. The summed E-state index contributed by atoms with van der Waals surface area (Å²) in [5, 5.41) is 25.6. The Morgan fingerprint density at radius 3 is 3.00 bits per heavy atom. The third-order valence-electron chi connectivity index (χ3n) is 2.04. The fraction of sp³-hybridized carbons (Fsp3) is 0. The van der Waals surface area contributed by atoms with Crippen molar-refractivity contribution in [1.82, 2.24) is 20.6 Å². The van der Waals surface area contributed by atoms with Crippen molar-refractivity contribution in [3.63, 3.8) is 0 Å². The second-order valence-corrected chi connectivity index (χ2v) is 4.13. The minimum absolute atomic E-state index is 0.222. The predicted molar refractivity (Wildman–Crippen MR) is 70.1 cm³/mol. The van der Waals surface area contributed by atoms with Gasteiger partial charge < -0.3 is 5.32 Å². The van der Waals surface area contributed by atoms with Gasteiger partial charge in [-0.15, -0.1) is 22.8 Å². The Bertz CT molecular complexity index is 616. The molecule has 0 saturated heterocycles. The van der Waals surface area contributed by atoms with E-state index in [0.29, 0.717) is 9.92 Å². The maximum atomic E-state index is 8.97. The summed E-state index contributed by atoms with van der Waals surface area (Å²) in [5.41, 5.74) is 0.977. The first-order chi connectivity index (χ1) is 8.70. The van der Waals surface area contributed by atoms with E-state index in [9.17, 15) is 0 Å². The summed E-state index contributed by atoms with van der Waals surface area (Å²) >= 11 is 10.1. The molecule has 90 valence electrons. The van der Waals surface area contributed by atoms with Gasteiger partial charge in [0.15, 0.2) is 0 Å². The lowest BCUT2D eigenvalue weighted by atomic mass is 10.3. The normalized spacial score (nSPS) is 11.1. The Hall–Kier alpha value is -2.04. The maximum absolute atomic E-state index is 8.97. The lowest BCUT2D eigenvalue weighted by Gasteiger charge is -2.04. The molecule has 0 aliphatic rings. The summed E-state index contributed by atoms with van der Waals surface area (Å²) in [5.74, 6) is 0.222. The van der Waals surface area contributed by atoms with Crippen molar-refractivity contribution in [2.45, 2.75) is 4.90 Å². The largest absolute Gasteiger partial charge is 0.359 e. The number of aromatic amines is 1. The second-order valence-electron chi connectivity index (χ2n) is 3.21. The average molecular weight is 279 g/mol. The molecule has 0 amide bonds. The number of allylic oxidation sites excluding steroid dienone is 1. The number of rotatable bonds is 3. The van der Waals surface area contributed by atoms with Crippen molar-refractivity contribution < 1.29 is 0 Å². The number of nitrogens with zero attached hydrogens (tertiary/aromatic N) is 4. The number of nitriles is 1. The van der Waals surface area contributed by atoms with Crippen LogP contribution in [0.2, 0.25) is 5.02 Å². The molecule has 0 bridgehead atoms. The topological polar surface area (TPSA) is 90.3 Å². The first-order valence-corrected chi connectivity index (χ1v) is 5.62. The van der Waals surface area contributed by atoms with Crippen molar-refractivity contribution in [3.8, 4) is 6.07 Å². The Kier molecular flexibility index (Phi) is 3.82. The molecule has 1 heterocycles. The zero-order chi connectivity index (χ0) is 13.0. The summed E-state index contributed by atoms with van der Waals surface area (Å²) in [6, 6.07) is 7.14. The second kappa shape index (κ2) is 5.53. The number of hydrogen-bond donors (Lipinski definition) is 3. The summed E-state index contributed by atoms with van der Waals surface area (Å²) in [7, 11) is 0. The molecule has 0 aliphatic carbocycles. The van der Waals surface area contributed by atoms with Gasteiger partial charge >= 0.3 is 0 Å². The van der Waals surface area contributed by atoms with Gasteiger partial charge in [0.25, 0.3) is 0 Å². The summed E-state index contributed by atoms with van der Waals surface area (Å²) in [4.78, 5) is 0.671. The molecule has 2 aromatic rings. The van der Waals surface area contributed by atoms with Crippen LogP contribution in [0.25, 0.3) is 5.57 Å². The number of anilines is 1. The molecule has 1 aromatic carbocycles. The monoisotopic (exact) mass is 278 g/mol. The molecule has 0 aliphatic heterocycles. The van der Waals surface area contributed by atoms with Crippen LogP contribution in [-0.2, 0) is 0 Å². The first kappa shape index (κ1) is 12.4. The summed E-state index contributed by atoms with van der Waals surface area (Å²) in [6.07, 6.45) is 1.48. The Morgan fingerprint density at radius 2 is 2.39 bits per heavy atom. The first-order valence-electron chi connectivity index (χ1n) is 4.80. The molecule has 0 fully saturated rings. The molecule has 18 heavy (non-hydrogen) atoms. The molecule has 0 saturated carbocycles. The van der Waals surface area contributed by atoms with Crippen molar-refractivity contribution in [2.75, 3.05) is 5.32 Å². The van der Waals surface area contributed by atoms with Gasteiger partial charge in [-0.3, -0.25) is 0 Å². The van der Waals surface area contributed by atoms with Gasteiger partial charge in [-0.05, 0) is 23.4 Å². The lowest BCUT2D eigenvalue weighted by molar-refractivity contribution is 0.881. The zero-order valence-corrected chi connectivity index (χ0v) is 10.6. The van der Waals surface area contributed by atoms with E-state index in [2.05, 4.69) is 38.6 Å². The quantitative estimate of drug-likeness (QED) is 0.591. The van der Waals surface area contributed by atoms with E-state index in [4.69, 9.17) is 16.9 Å². The SMILES string of the molecule is N#CC(=CNc1ccc(Cl)cc1S)c1nn[nH]n1. The number of halogens is 1. The third kappa shape index (κ3) is 2.80. The van der Waals surface area contributed by atoms with Crippen LogP contribution in [0.3, 0.4) is 0 Å². The number of tetrazole rings is 1. The Balaban J connectivity index is 2.22. The van der Waals surface area contributed by atoms with E-state index in [-0.39, 0.29) is 11.4 Å². The van der Waals surface area contributed by atoms with Gasteiger partial charge in [-0.2, -0.15) is 10.5 Å². The molecule has 1 aromatic heterocycles.